The van der Waals surface area contributed by atoms with Gasteiger partial charge in [-0.1, -0.05) is 220 Å². The fourth-order valence-electron chi connectivity index (χ4n) is 13.5. The minimum atomic E-state index is -0.287. The number of hydrogen-bond acceptors (Lipinski definition) is 5. The summed E-state index contributed by atoms with van der Waals surface area (Å²) in [5.74, 6) is -0.287. The SMILES string of the molecule is Cc1c[c-]c(-c2cc3c(ccc4ccccc43)cn2)cc1.Cc1c[c-]c(-c2cc3c(ccc4ccccc43)cn2)cc1.Cc1cccc2c1ccc1cnc(-c3[c-]cccc3)cc12.Fc1c[c-]c(-c2cc3c(ccc4ccccc43)cn2)cc1.[Ir].[Ir].[Ir].[Ir].[Ir].[c-]1ccccc1-c1cc2c(ccc3ccccc32)cn1. The number of pyridine rings is 5. The summed E-state index contributed by atoms with van der Waals surface area (Å²) in [6, 6.07) is 121. The van der Waals surface area contributed by atoms with Gasteiger partial charge in [0.1, 0.15) is 0 Å². The molecule has 20 aromatic rings. The smallest absolute Gasteiger partial charge is 0.0379 e. The van der Waals surface area contributed by atoms with Crippen molar-refractivity contribution in [3.8, 4) is 56.3 Å². The molecule has 0 unspecified atom stereocenters. The van der Waals surface area contributed by atoms with Gasteiger partial charge in [-0.15, -0.1) is 172 Å². The zero-order valence-corrected chi connectivity index (χ0v) is 71.1. The molecular formula is C98H65FIr5N5-5. The van der Waals surface area contributed by atoms with Gasteiger partial charge in [-0.3, -0.25) is 4.39 Å². The molecule has 0 aliphatic heterocycles. The molecule has 0 spiro atoms. The van der Waals surface area contributed by atoms with Gasteiger partial charge in [0.25, 0.3) is 0 Å². The second-order valence-corrected chi connectivity index (χ2v) is 25.9. The van der Waals surface area contributed by atoms with Crippen molar-refractivity contribution in [2.24, 2.45) is 0 Å². The molecule has 20 rings (SSSR count). The van der Waals surface area contributed by atoms with Crippen LogP contribution in [0.2, 0.25) is 0 Å². The Bertz CT molecular complexity index is 6150. The van der Waals surface area contributed by atoms with E-state index >= 15 is 0 Å². The van der Waals surface area contributed by atoms with Crippen molar-refractivity contribution in [2.45, 2.75) is 20.8 Å². The summed E-state index contributed by atoms with van der Waals surface area (Å²) in [5, 5.41) is 24.5. The summed E-state index contributed by atoms with van der Waals surface area (Å²) >= 11 is 0. The van der Waals surface area contributed by atoms with E-state index in [1.807, 2.05) is 110 Å². The van der Waals surface area contributed by atoms with E-state index in [0.717, 1.165) is 67.1 Å². The van der Waals surface area contributed by atoms with Crippen molar-refractivity contribution < 1.29 is 105 Å². The number of nitrogens with zero attached hydrogens (tertiary/aromatic N) is 5. The van der Waals surface area contributed by atoms with Gasteiger partial charge in [-0.25, -0.2) is 0 Å². The van der Waals surface area contributed by atoms with E-state index in [1.165, 1.54) is 126 Å². The number of fused-ring (bicyclic) bond motifs is 15. The first-order valence-corrected chi connectivity index (χ1v) is 34.7. The van der Waals surface area contributed by atoms with Crippen LogP contribution in [0.1, 0.15) is 16.7 Å². The van der Waals surface area contributed by atoms with Crippen LogP contribution >= 0.6 is 0 Å². The topological polar surface area (TPSA) is 64.5 Å². The third-order valence-corrected chi connectivity index (χ3v) is 19.0. The van der Waals surface area contributed by atoms with E-state index in [1.54, 1.807) is 6.07 Å². The van der Waals surface area contributed by atoms with Crippen molar-refractivity contribution in [3.63, 3.8) is 0 Å². The fraction of sp³-hybridized carbons (Fsp3) is 0.0306. The Morgan fingerprint density at radius 3 is 0.817 bits per heavy atom. The minimum absolute atomic E-state index is 0. The zero-order valence-electron chi connectivity index (χ0n) is 59.1. The molecule has 15 aromatic carbocycles. The van der Waals surface area contributed by atoms with Gasteiger partial charge in [0.05, 0.1) is 0 Å². The molecular weight excluding hydrogens is 2230 g/mol. The summed E-state index contributed by atoms with van der Waals surface area (Å²) in [4.78, 5) is 22.8. The van der Waals surface area contributed by atoms with Crippen LogP contribution in [-0.4, -0.2) is 24.9 Å². The van der Waals surface area contributed by atoms with Gasteiger partial charge in [0.15, 0.2) is 0 Å². The van der Waals surface area contributed by atoms with E-state index < -0.39 is 0 Å². The molecule has 0 atom stereocenters. The second-order valence-electron chi connectivity index (χ2n) is 25.9. The molecule has 0 saturated heterocycles. The zero-order chi connectivity index (χ0) is 70.3. The molecule has 5 heterocycles. The Hall–Kier alpha value is -10.2. The van der Waals surface area contributed by atoms with E-state index in [2.05, 4.69) is 288 Å². The van der Waals surface area contributed by atoms with Crippen LogP contribution in [0.15, 0.2) is 340 Å². The molecule has 0 aliphatic rings. The Kier molecular flexibility index (Phi) is 27.0. The summed E-state index contributed by atoms with van der Waals surface area (Å²) in [6.07, 6.45) is 9.65. The molecule has 0 amide bonds. The molecule has 0 bridgehead atoms. The minimum Gasteiger partial charge on any atom is -0.304 e. The standard InChI is InChI=1S/3C20H14N.C19H11FN.C19H12N.5Ir/c1-14-6-5-9-18-17(14)11-10-16-13-21-20(12-19(16)18)15-7-3-2-4-8-15;2*1-14-6-8-16(9-7-14)20-12-19-17(13-21-20)11-10-15-4-2-3-5-18(15)19;20-16-9-7-14(8-10-16)19-11-18-15(12-21-19)6-5-13-3-1-2-4-17(13)18;1-2-7-15(8-3-1)19-12-18-16(13-20-19)11-10-14-6-4-5-9-17(14)18;;;;;/h2-7,9-13H,1H3;2*2-8,10-13H,1H3;1-7,9-12H;1-7,9-13H;;;;;/q5*-1;;;;;. The van der Waals surface area contributed by atoms with Gasteiger partial charge >= 0.3 is 0 Å². The van der Waals surface area contributed by atoms with Crippen molar-refractivity contribution in [2.75, 3.05) is 0 Å². The summed E-state index contributed by atoms with van der Waals surface area (Å²) < 4.78 is 13.0. The maximum Gasteiger partial charge on any atom is 0.0379 e. The molecule has 0 saturated carbocycles. The predicted octanol–water partition coefficient (Wildman–Crippen LogP) is 25.3. The molecule has 5 radical (unpaired) electrons. The summed E-state index contributed by atoms with van der Waals surface area (Å²) in [5.41, 5.74) is 13.3. The summed E-state index contributed by atoms with van der Waals surface area (Å²) in [6.45, 7) is 6.30. The molecule has 5 aromatic heterocycles. The maximum absolute atomic E-state index is 13.0. The van der Waals surface area contributed by atoms with Crippen LogP contribution in [0.5, 0.6) is 0 Å². The van der Waals surface area contributed by atoms with Gasteiger partial charge in [-0.05, 0) is 149 Å². The van der Waals surface area contributed by atoms with E-state index in [-0.39, 0.29) is 106 Å². The van der Waals surface area contributed by atoms with Gasteiger partial charge in [0.2, 0.25) is 0 Å². The quantitative estimate of drug-likeness (QED) is 0.127. The first kappa shape index (κ1) is 79.9. The van der Waals surface area contributed by atoms with Crippen molar-refractivity contribution in [1.82, 2.24) is 24.9 Å². The summed E-state index contributed by atoms with van der Waals surface area (Å²) in [7, 11) is 0. The number of aryl methyl sites for hydroxylation is 3. The normalized spacial score (nSPS) is 10.6. The van der Waals surface area contributed by atoms with Crippen molar-refractivity contribution >= 4 is 108 Å². The average Bonchev–Trinajstić information content (AvgIpc) is 0.794. The molecule has 0 fully saturated rings. The van der Waals surface area contributed by atoms with Gasteiger partial charge < -0.3 is 24.9 Å². The first-order chi connectivity index (χ1) is 51.2. The second kappa shape index (κ2) is 36.8. The van der Waals surface area contributed by atoms with Crippen LogP contribution in [0, 0.1) is 56.9 Å². The number of benzene rings is 15. The van der Waals surface area contributed by atoms with Crippen molar-refractivity contribution in [1.29, 1.82) is 0 Å². The Labute approximate surface area is 701 Å². The van der Waals surface area contributed by atoms with Crippen LogP contribution in [-0.2, 0) is 101 Å². The van der Waals surface area contributed by atoms with E-state index in [4.69, 9.17) is 0 Å². The number of hydrogen-bond donors (Lipinski definition) is 0. The number of halogens is 1. The first-order valence-electron chi connectivity index (χ1n) is 34.7. The molecule has 0 aliphatic carbocycles. The predicted molar refractivity (Wildman–Crippen MR) is 432 cm³/mol. The van der Waals surface area contributed by atoms with Crippen LogP contribution in [0.25, 0.3) is 164 Å². The van der Waals surface area contributed by atoms with E-state index in [9.17, 15) is 4.39 Å². The van der Waals surface area contributed by atoms with Gasteiger partial charge in [0, 0.05) is 137 Å². The molecule has 109 heavy (non-hydrogen) atoms. The molecule has 11 heteroatoms. The number of aromatic nitrogens is 5. The van der Waals surface area contributed by atoms with Crippen LogP contribution in [0.4, 0.5) is 4.39 Å². The number of rotatable bonds is 5. The Morgan fingerprint density at radius 1 is 0.220 bits per heavy atom. The van der Waals surface area contributed by atoms with Crippen LogP contribution in [0.3, 0.4) is 0 Å². The molecule has 0 N–H and O–H groups in total. The van der Waals surface area contributed by atoms with Crippen molar-refractivity contribution in [3.05, 3.63) is 393 Å². The largest absolute Gasteiger partial charge is 0.304 e. The maximum atomic E-state index is 13.0. The third kappa shape index (κ3) is 17.9. The monoisotopic (exact) mass is 2300 g/mol. The molecule has 539 valence electrons. The Balaban J connectivity index is 0.000000134. The average molecular weight is 2290 g/mol. The fourth-order valence-corrected chi connectivity index (χ4v) is 13.5. The van der Waals surface area contributed by atoms with Crippen LogP contribution < -0.4 is 0 Å². The van der Waals surface area contributed by atoms with Gasteiger partial charge in [-0.2, -0.15) is 0 Å². The molecule has 5 nitrogen and oxygen atoms in total. The third-order valence-electron chi connectivity index (χ3n) is 19.0. The van der Waals surface area contributed by atoms with E-state index in [0.29, 0.717) is 0 Å². The Morgan fingerprint density at radius 2 is 0.505 bits per heavy atom.